The molecule has 4 heteroatoms. The molecule has 0 aliphatic carbocycles. The fraction of sp³-hybridized carbons (Fsp3) is 0.714. The molecule has 4 nitrogen and oxygen atoms in total. The number of hydrogen-bond donors (Lipinski definition) is 1. The Morgan fingerprint density at radius 2 is 2.64 bits per heavy atom. The van der Waals surface area contributed by atoms with Crippen molar-refractivity contribution in [3.05, 3.63) is 0 Å². The third-order valence-corrected chi connectivity index (χ3v) is 1.60. The average molecular weight is 157 g/mol. The summed E-state index contributed by atoms with van der Waals surface area (Å²) in [6.45, 7) is 1.98. The van der Waals surface area contributed by atoms with Crippen LogP contribution >= 0.6 is 0 Å². The van der Waals surface area contributed by atoms with E-state index in [0.717, 1.165) is 12.1 Å². The summed E-state index contributed by atoms with van der Waals surface area (Å²) in [7, 11) is 0. The molecule has 1 aliphatic rings. The molecule has 1 atom stereocenters. The maximum atomic E-state index is 10.2. The zero-order valence-corrected chi connectivity index (χ0v) is 6.41. The van der Waals surface area contributed by atoms with E-state index in [2.05, 4.69) is 5.16 Å². The molecular weight excluding hydrogens is 146 g/mol. The zero-order chi connectivity index (χ0) is 8.27. The molecule has 0 saturated heterocycles. The fourth-order valence-electron chi connectivity index (χ4n) is 0.999. The highest BCUT2D eigenvalue weighted by Crippen LogP contribution is 2.15. The van der Waals surface area contributed by atoms with Gasteiger partial charge in [0.05, 0.1) is 12.1 Å². The van der Waals surface area contributed by atoms with Crippen LogP contribution in [-0.4, -0.2) is 22.9 Å². The number of carbonyl (C=O) groups is 1. The second kappa shape index (κ2) is 3.37. The van der Waals surface area contributed by atoms with Crippen LogP contribution in [0.3, 0.4) is 0 Å². The van der Waals surface area contributed by atoms with Crippen LogP contribution < -0.4 is 0 Å². The molecule has 11 heavy (non-hydrogen) atoms. The summed E-state index contributed by atoms with van der Waals surface area (Å²) in [5.74, 6) is -0.831. The smallest absolute Gasteiger partial charge is 0.307 e. The lowest BCUT2D eigenvalue weighted by atomic mass is 10.1. The summed E-state index contributed by atoms with van der Waals surface area (Å²) < 4.78 is 0. The molecule has 62 valence electrons. The van der Waals surface area contributed by atoms with E-state index >= 15 is 0 Å². The van der Waals surface area contributed by atoms with E-state index in [0.29, 0.717) is 6.42 Å². The number of rotatable bonds is 3. The minimum Gasteiger partial charge on any atom is -0.481 e. The maximum absolute atomic E-state index is 10.2. The predicted octanol–water partition coefficient (Wildman–Crippen LogP) is 1.02. The number of nitrogens with zero attached hydrogens (tertiary/aromatic N) is 1. The highest BCUT2D eigenvalue weighted by Gasteiger charge is 2.21. The molecule has 1 N–H and O–H groups in total. The molecule has 0 fully saturated rings. The standard InChI is InChI=1S/C7H11NO3/c1-2-5-3-6(11-8-5)4-7(9)10/h6H,2-4H2,1H3,(H,9,10). The third kappa shape index (κ3) is 2.22. The Morgan fingerprint density at radius 1 is 1.91 bits per heavy atom. The van der Waals surface area contributed by atoms with Crippen LogP contribution in [0.4, 0.5) is 0 Å². The summed E-state index contributed by atoms with van der Waals surface area (Å²) in [6, 6.07) is 0. The van der Waals surface area contributed by atoms with Gasteiger partial charge in [-0.05, 0) is 6.42 Å². The zero-order valence-electron chi connectivity index (χ0n) is 6.41. The molecular formula is C7H11NO3. The van der Waals surface area contributed by atoms with E-state index in [1.807, 2.05) is 6.92 Å². The molecule has 0 saturated carbocycles. The van der Waals surface area contributed by atoms with Crippen molar-refractivity contribution in [2.45, 2.75) is 32.3 Å². The summed E-state index contributed by atoms with van der Waals surface area (Å²) >= 11 is 0. The van der Waals surface area contributed by atoms with Gasteiger partial charge in [0.15, 0.2) is 0 Å². The van der Waals surface area contributed by atoms with Crippen LogP contribution in [0, 0.1) is 0 Å². The van der Waals surface area contributed by atoms with E-state index in [-0.39, 0.29) is 12.5 Å². The maximum Gasteiger partial charge on any atom is 0.307 e. The van der Waals surface area contributed by atoms with Crippen molar-refractivity contribution in [1.82, 2.24) is 0 Å². The van der Waals surface area contributed by atoms with Crippen molar-refractivity contribution < 1.29 is 14.7 Å². The largest absolute Gasteiger partial charge is 0.481 e. The SMILES string of the molecule is CCC1=NOC(CC(=O)O)C1. The average Bonchev–Trinajstić information content (AvgIpc) is 2.34. The molecule has 1 unspecified atom stereocenters. The van der Waals surface area contributed by atoms with Crippen LogP contribution in [0.25, 0.3) is 0 Å². The van der Waals surface area contributed by atoms with Gasteiger partial charge in [0.25, 0.3) is 0 Å². The minimum absolute atomic E-state index is 0.0486. The normalized spacial score (nSPS) is 22.6. The molecule has 0 aromatic rings. The topological polar surface area (TPSA) is 58.9 Å². The number of hydrogen-bond acceptors (Lipinski definition) is 3. The Kier molecular flexibility index (Phi) is 2.46. The number of carboxylic acids is 1. The van der Waals surface area contributed by atoms with Gasteiger partial charge >= 0.3 is 5.97 Å². The highest BCUT2D eigenvalue weighted by atomic mass is 16.6. The summed E-state index contributed by atoms with van der Waals surface area (Å²) in [5.41, 5.74) is 0.955. The highest BCUT2D eigenvalue weighted by molar-refractivity contribution is 5.85. The van der Waals surface area contributed by atoms with Crippen LogP contribution in [0.15, 0.2) is 5.16 Å². The first-order valence-corrected chi connectivity index (χ1v) is 3.65. The van der Waals surface area contributed by atoms with Gasteiger partial charge < -0.3 is 9.94 Å². The molecule has 0 aromatic heterocycles. The lowest BCUT2D eigenvalue weighted by Crippen LogP contribution is -2.13. The molecule has 1 rings (SSSR count). The van der Waals surface area contributed by atoms with Crippen LogP contribution in [0.1, 0.15) is 26.2 Å². The molecule has 0 radical (unpaired) electrons. The van der Waals surface area contributed by atoms with Crippen molar-refractivity contribution in [2.75, 3.05) is 0 Å². The minimum atomic E-state index is -0.831. The molecule has 1 aliphatic heterocycles. The Balaban J connectivity index is 2.30. The van der Waals surface area contributed by atoms with Crippen molar-refractivity contribution >= 4 is 11.7 Å². The first-order valence-electron chi connectivity index (χ1n) is 3.65. The lowest BCUT2D eigenvalue weighted by Gasteiger charge is -2.02. The summed E-state index contributed by atoms with van der Waals surface area (Å²) in [6.07, 6.45) is 1.33. The molecule has 0 aromatic carbocycles. The first-order chi connectivity index (χ1) is 5.22. The molecule has 0 bridgehead atoms. The van der Waals surface area contributed by atoms with E-state index in [4.69, 9.17) is 9.94 Å². The third-order valence-electron chi connectivity index (χ3n) is 1.60. The molecule has 1 heterocycles. The second-order valence-electron chi connectivity index (χ2n) is 2.54. The predicted molar refractivity (Wildman–Crippen MR) is 39.5 cm³/mol. The summed E-state index contributed by atoms with van der Waals surface area (Å²) in [4.78, 5) is 15.1. The second-order valence-corrected chi connectivity index (χ2v) is 2.54. The number of aliphatic carboxylic acids is 1. The van der Waals surface area contributed by atoms with Crippen molar-refractivity contribution in [3.8, 4) is 0 Å². The number of oxime groups is 1. The van der Waals surface area contributed by atoms with Gasteiger partial charge in [0.1, 0.15) is 6.10 Å². The Labute approximate surface area is 64.8 Å². The van der Waals surface area contributed by atoms with Crippen molar-refractivity contribution in [2.24, 2.45) is 5.16 Å². The molecule has 0 spiro atoms. The van der Waals surface area contributed by atoms with E-state index < -0.39 is 5.97 Å². The Hall–Kier alpha value is -1.06. The lowest BCUT2D eigenvalue weighted by molar-refractivity contribution is -0.139. The van der Waals surface area contributed by atoms with Gasteiger partial charge in [-0.1, -0.05) is 12.1 Å². The van der Waals surface area contributed by atoms with E-state index in [9.17, 15) is 4.79 Å². The quantitative estimate of drug-likeness (QED) is 0.665. The van der Waals surface area contributed by atoms with E-state index in [1.165, 1.54) is 0 Å². The summed E-state index contributed by atoms with van der Waals surface area (Å²) in [5, 5.41) is 12.1. The molecule has 0 amide bonds. The van der Waals surface area contributed by atoms with Gasteiger partial charge in [-0.25, -0.2) is 0 Å². The van der Waals surface area contributed by atoms with E-state index in [1.54, 1.807) is 0 Å². The van der Waals surface area contributed by atoms with Crippen LogP contribution in [-0.2, 0) is 9.63 Å². The number of carboxylic acid groups (broad SMARTS) is 1. The van der Waals surface area contributed by atoms with Gasteiger partial charge in [-0.15, -0.1) is 0 Å². The van der Waals surface area contributed by atoms with Gasteiger partial charge in [0.2, 0.25) is 0 Å². The Morgan fingerprint density at radius 3 is 3.09 bits per heavy atom. The van der Waals surface area contributed by atoms with Gasteiger partial charge in [-0.2, -0.15) is 0 Å². The van der Waals surface area contributed by atoms with Gasteiger partial charge in [-0.3, -0.25) is 4.79 Å². The monoisotopic (exact) mass is 157 g/mol. The van der Waals surface area contributed by atoms with Crippen LogP contribution in [0.2, 0.25) is 0 Å². The van der Waals surface area contributed by atoms with Gasteiger partial charge in [0, 0.05) is 6.42 Å². The van der Waals surface area contributed by atoms with Crippen LogP contribution in [0.5, 0.6) is 0 Å². The first kappa shape index (κ1) is 8.04. The Bertz CT molecular complexity index is 188. The van der Waals surface area contributed by atoms with Crippen molar-refractivity contribution in [1.29, 1.82) is 0 Å². The fourth-order valence-corrected chi connectivity index (χ4v) is 0.999. The van der Waals surface area contributed by atoms with Crippen molar-refractivity contribution in [3.63, 3.8) is 0 Å².